The highest BCUT2D eigenvalue weighted by Crippen LogP contribution is 2.36. The molecule has 29 heavy (non-hydrogen) atoms. The summed E-state index contributed by atoms with van der Waals surface area (Å²) in [6.45, 7) is 11.4. The summed E-state index contributed by atoms with van der Waals surface area (Å²) in [6.07, 6.45) is 6.56. The number of rotatable bonds is 1. The Morgan fingerprint density at radius 1 is 0.966 bits per heavy atom. The maximum atomic E-state index is 13.7. The Kier molecular flexibility index (Phi) is 5.71. The minimum atomic E-state index is -0.636. The molecule has 3 heterocycles. The van der Waals surface area contributed by atoms with Gasteiger partial charge in [-0.15, -0.1) is 0 Å². The van der Waals surface area contributed by atoms with Crippen LogP contribution in [0.5, 0.6) is 0 Å². The molecule has 7 heteroatoms. The van der Waals surface area contributed by atoms with Gasteiger partial charge in [0.05, 0.1) is 6.04 Å². The van der Waals surface area contributed by atoms with Crippen LogP contribution < -0.4 is 0 Å². The minimum absolute atomic E-state index is 0.0614. The van der Waals surface area contributed by atoms with Crippen molar-refractivity contribution in [1.29, 1.82) is 0 Å². The van der Waals surface area contributed by atoms with Crippen LogP contribution in [0.2, 0.25) is 0 Å². The molecule has 7 nitrogen and oxygen atoms in total. The molecular formula is C22H34N2O5. The fourth-order valence-corrected chi connectivity index (χ4v) is 4.44. The van der Waals surface area contributed by atoms with Gasteiger partial charge in [-0.1, -0.05) is 12.2 Å². The van der Waals surface area contributed by atoms with Crippen molar-refractivity contribution in [2.24, 2.45) is 5.92 Å². The Hall–Kier alpha value is -2.05. The van der Waals surface area contributed by atoms with Gasteiger partial charge in [0.1, 0.15) is 23.3 Å². The summed E-state index contributed by atoms with van der Waals surface area (Å²) in [6, 6.07) is -1.38. The number of hydrogen-bond donors (Lipinski definition) is 0. The van der Waals surface area contributed by atoms with Gasteiger partial charge in [0.2, 0.25) is 5.91 Å². The Labute approximate surface area is 173 Å². The number of nitrogens with zero attached hydrogens (tertiary/aromatic N) is 2. The van der Waals surface area contributed by atoms with Crippen molar-refractivity contribution >= 4 is 18.0 Å². The number of carbonyl (C=O) groups excluding carboxylic acids is 3. The van der Waals surface area contributed by atoms with Crippen molar-refractivity contribution in [3.8, 4) is 0 Å². The van der Waals surface area contributed by atoms with E-state index in [0.717, 1.165) is 19.3 Å². The van der Waals surface area contributed by atoms with Crippen molar-refractivity contribution in [2.45, 2.75) is 96.6 Å². The summed E-state index contributed by atoms with van der Waals surface area (Å²) in [5.74, 6) is -0.614. The molecule has 0 aromatic carbocycles. The van der Waals surface area contributed by atoms with Crippen molar-refractivity contribution in [1.82, 2.24) is 9.80 Å². The average Bonchev–Trinajstić information content (AvgIpc) is 2.94. The molecule has 0 N–H and O–H groups in total. The third kappa shape index (κ3) is 4.75. The van der Waals surface area contributed by atoms with E-state index in [-0.39, 0.29) is 23.8 Å². The molecule has 2 amide bonds. The second-order valence-electron chi connectivity index (χ2n) is 10.2. The molecule has 0 unspecified atom stereocenters. The van der Waals surface area contributed by atoms with Crippen LogP contribution in [0.25, 0.3) is 0 Å². The zero-order valence-corrected chi connectivity index (χ0v) is 18.4. The van der Waals surface area contributed by atoms with Crippen LogP contribution in [0.15, 0.2) is 12.2 Å². The van der Waals surface area contributed by atoms with Crippen LogP contribution >= 0.6 is 0 Å². The molecule has 0 spiro atoms. The lowest BCUT2D eigenvalue weighted by atomic mass is 9.88. The number of ether oxygens (including phenoxy) is 2. The van der Waals surface area contributed by atoms with Gasteiger partial charge in [0, 0.05) is 12.5 Å². The maximum absolute atomic E-state index is 13.7. The van der Waals surface area contributed by atoms with Gasteiger partial charge in [0.15, 0.2) is 0 Å². The molecule has 3 aliphatic rings. The van der Waals surface area contributed by atoms with Crippen molar-refractivity contribution in [3.05, 3.63) is 12.2 Å². The van der Waals surface area contributed by atoms with E-state index in [1.54, 1.807) is 9.80 Å². The number of carbonyl (C=O) groups is 3. The van der Waals surface area contributed by atoms with Gasteiger partial charge in [-0.25, -0.2) is 9.59 Å². The monoisotopic (exact) mass is 406 g/mol. The van der Waals surface area contributed by atoms with Crippen LogP contribution in [0.3, 0.4) is 0 Å². The average molecular weight is 407 g/mol. The fourth-order valence-electron chi connectivity index (χ4n) is 4.44. The Morgan fingerprint density at radius 3 is 2.24 bits per heavy atom. The van der Waals surface area contributed by atoms with E-state index in [2.05, 4.69) is 6.08 Å². The van der Waals surface area contributed by atoms with E-state index >= 15 is 0 Å². The molecular weight excluding hydrogens is 372 g/mol. The normalized spacial score (nSPS) is 29.8. The molecule has 3 aliphatic heterocycles. The minimum Gasteiger partial charge on any atom is -0.458 e. The number of hydrogen-bond acceptors (Lipinski definition) is 5. The van der Waals surface area contributed by atoms with Gasteiger partial charge in [-0.3, -0.25) is 9.69 Å². The summed E-state index contributed by atoms with van der Waals surface area (Å²) < 4.78 is 11.1. The predicted octanol–water partition coefficient (Wildman–Crippen LogP) is 3.27. The van der Waals surface area contributed by atoms with E-state index < -0.39 is 29.4 Å². The number of likely N-dealkylation sites (tertiary alicyclic amines) is 1. The van der Waals surface area contributed by atoms with E-state index in [1.807, 2.05) is 47.6 Å². The summed E-state index contributed by atoms with van der Waals surface area (Å²) in [4.78, 5) is 42.5. The number of piperidine rings is 1. The first-order valence-electron chi connectivity index (χ1n) is 10.6. The second-order valence-corrected chi connectivity index (χ2v) is 10.2. The van der Waals surface area contributed by atoms with Crippen molar-refractivity contribution in [3.63, 3.8) is 0 Å². The molecule has 0 aromatic heterocycles. The molecule has 0 aliphatic carbocycles. The zero-order chi connectivity index (χ0) is 21.6. The molecule has 0 bridgehead atoms. The summed E-state index contributed by atoms with van der Waals surface area (Å²) in [5.41, 5.74) is -1.25. The van der Waals surface area contributed by atoms with Crippen molar-refractivity contribution < 1.29 is 23.9 Å². The Balaban J connectivity index is 1.87. The van der Waals surface area contributed by atoms with E-state index in [0.29, 0.717) is 13.0 Å². The summed E-state index contributed by atoms with van der Waals surface area (Å²) >= 11 is 0. The van der Waals surface area contributed by atoms with E-state index in [1.165, 1.54) is 0 Å². The molecule has 0 aromatic rings. The van der Waals surface area contributed by atoms with Gasteiger partial charge in [-0.2, -0.15) is 0 Å². The molecule has 3 rings (SSSR count). The largest absolute Gasteiger partial charge is 0.458 e. The van der Waals surface area contributed by atoms with Gasteiger partial charge >= 0.3 is 12.1 Å². The number of fused-ring (bicyclic) bond motifs is 2. The van der Waals surface area contributed by atoms with Crippen LogP contribution in [0.1, 0.15) is 67.2 Å². The van der Waals surface area contributed by atoms with Crippen LogP contribution in [0.4, 0.5) is 4.79 Å². The van der Waals surface area contributed by atoms with E-state index in [9.17, 15) is 14.4 Å². The highest BCUT2D eigenvalue weighted by Gasteiger charge is 2.50. The Bertz CT molecular complexity index is 703. The molecule has 0 saturated carbocycles. The smallest absolute Gasteiger partial charge is 0.410 e. The third-order valence-electron chi connectivity index (χ3n) is 5.50. The highest BCUT2D eigenvalue weighted by atomic mass is 16.6. The lowest BCUT2D eigenvalue weighted by Crippen LogP contribution is -2.59. The van der Waals surface area contributed by atoms with Crippen molar-refractivity contribution in [2.75, 3.05) is 6.54 Å². The number of amides is 2. The van der Waals surface area contributed by atoms with Gasteiger partial charge in [-0.05, 0) is 67.2 Å². The van der Waals surface area contributed by atoms with Crippen LogP contribution in [-0.4, -0.2) is 63.6 Å². The standard InChI is InChI=1S/C22H34N2O5/c1-21(2,3)28-19(26)16-12-11-15-10-9-14-8-7-13-23(17(14)18(25)24(15)16)20(27)29-22(4,5)6/h9-10,14-17H,7-8,11-13H2,1-6H3/t14-,15-,16-,17+/m0/s1. The lowest BCUT2D eigenvalue weighted by molar-refractivity contribution is -0.165. The molecule has 0 radical (unpaired) electrons. The molecule has 4 atom stereocenters. The fraction of sp³-hybridized carbons (Fsp3) is 0.773. The number of esters is 1. The third-order valence-corrected chi connectivity index (χ3v) is 5.50. The predicted molar refractivity (Wildman–Crippen MR) is 108 cm³/mol. The molecule has 162 valence electrons. The molecule has 2 fully saturated rings. The highest BCUT2D eigenvalue weighted by molar-refractivity contribution is 5.91. The lowest BCUT2D eigenvalue weighted by Gasteiger charge is -2.41. The first-order chi connectivity index (χ1) is 13.4. The quantitative estimate of drug-likeness (QED) is 0.493. The Morgan fingerprint density at radius 2 is 1.62 bits per heavy atom. The maximum Gasteiger partial charge on any atom is 0.410 e. The summed E-state index contributed by atoms with van der Waals surface area (Å²) in [7, 11) is 0. The second kappa shape index (κ2) is 7.65. The first kappa shape index (κ1) is 21.7. The topological polar surface area (TPSA) is 76.1 Å². The first-order valence-corrected chi connectivity index (χ1v) is 10.6. The molecule has 2 saturated heterocycles. The van der Waals surface area contributed by atoms with Crippen LogP contribution in [-0.2, 0) is 19.1 Å². The van der Waals surface area contributed by atoms with E-state index in [4.69, 9.17) is 9.47 Å². The SMILES string of the molecule is CC(C)(C)OC(=O)[C@@H]1CC[C@@H]2C=C[C@@H]3CCCN(C(=O)OC(C)(C)C)[C@H]3C(=O)N21. The summed E-state index contributed by atoms with van der Waals surface area (Å²) in [5, 5.41) is 0. The zero-order valence-electron chi connectivity index (χ0n) is 18.4. The van der Waals surface area contributed by atoms with Gasteiger partial charge in [0.25, 0.3) is 0 Å². The van der Waals surface area contributed by atoms with Gasteiger partial charge < -0.3 is 14.4 Å². The van der Waals surface area contributed by atoms with Crippen LogP contribution in [0, 0.1) is 5.92 Å².